The minimum Gasteiger partial charge on any atom is -0.462 e. The summed E-state index contributed by atoms with van der Waals surface area (Å²) in [6.07, 6.45) is 70.0. The van der Waals surface area contributed by atoms with Crippen LogP contribution in [0.4, 0.5) is 0 Å². The van der Waals surface area contributed by atoms with Gasteiger partial charge in [-0.2, -0.15) is 0 Å². The van der Waals surface area contributed by atoms with Gasteiger partial charge in [0.1, 0.15) is 13.2 Å². The molecule has 0 aliphatic heterocycles. The van der Waals surface area contributed by atoms with E-state index in [1.54, 1.807) is 0 Å². The number of ether oxygens (including phenoxy) is 3. The first-order chi connectivity index (χ1) is 32.5. The molecule has 6 heteroatoms. The Morgan fingerprint density at radius 2 is 0.561 bits per heavy atom. The fourth-order valence-electron chi connectivity index (χ4n) is 7.40. The van der Waals surface area contributed by atoms with Crippen LogP contribution in [0.3, 0.4) is 0 Å². The molecule has 0 aromatic heterocycles. The van der Waals surface area contributed by atoms with E-state index in [9.17, 15) is 14.4 Å². The average Bonchev–Trinajstić information content (AvgIpc) is 3.31. The third-order valence-corrected chi connectivity index (χ3v) is 11.6. The second-order valence-corrected chi connectivity index (χ2v) is 18.1. The second-order valence-electron chi connectivity index (χ2n) is 18.1. The Labute approximate surface area is 407 Å². The third-order valence-electron chi connectivity index (χ3n) is 11.6. The molecule has 1 atom stereocenters. The molecule has 0 aliphatic carbocycles. The van der Waals surface area contributed by atoms with Crippen LogP contribution in [0.25, 0.3) is 0 Å². The molecule has 0 spiro atoms. The number of unbranched alkanes of at least 4 members (excludes halogenated alkanes) is 24. The van der Waals surface area contributed by atoms with E-state index in [0.29, 0.717) is 19.3 Å². The third kappa shape index (κ3) is 51.6. The van der Waals surface area contributed by atoms with E-state index in [1.807, 2.05) is 0 Å². The summed E-state index contributed by atoms with van der Waals surface area (Å²) in [6, 6.07) is 0. The molecule has 0 saturated heterocycles. The number of rotatable bonds is 49. The minimum atomic E-state index is -0.809. The van der Waals surface area contributed by atoms with Crippen LogP contribution in [0.2, 0.25) is 0 Å². The molecule has 0 rings (SSSR count). The van der Waals surface area contributed by atoms with Crippen LogP contribution >= 0.6 is 0 Å². The van der Waals surface area contributed by atoms with E-state index in [1.165, 1.54) is 122 Å². The number of allylic oxidation sites excluding steroid dienone is 14. The molecule has 0 radical (unpaired) electrons. The van der Waals surface area contributed by atoms with Crippen LogP contribution in [-0.2, 0) is 28.6 Å². The molecule has 0 aromatic rings. The predicted molar refractivity (Wildman–Crippen MR) is 284 cm³/mol. The van der Waals surface area contributed by atoms with Gasteiger partial charge in [-0.25, -0.2) is 0 Å². The van der Waals surface area contributed by atoms with E-state index in [-0.39, 0.29) is 37.5 Å². The summed E-state index contributed by atoms with van der Waals surface area (Å²) in [7, 11) is 0. The van der Waals surface area contributed by atoms with Crippen LogP contribution in [0.1, 0.15) is 258 Å². The van der Waals surface area contributed by atoms with Gasteiger partial charge in [-0.3, -0.25) is 14.4 Å². The van der Waals surface area contributed by atoms with Crippen molar-refractivity contribution in [2.75, 3.05) is 13.2 Å². The first-order valence-corrected chi connectivity index (χ1v) is 27.6. The monoisotopic (exact) mass is 919 g/mol. The van der Waals surface area contributed by atoms with Crippen molar-refractivity contribution in [2.24, 2.45) is 0 Å². The lowest BCUT2D eigenvalue weighted by Gasteiger charge is -2.18. The van der Waals surface area contributed by atoms with Crippen LogP contribution in [0.15, 0.2) is 85.1 Å². The van der Waals surface area contributed by atoms with Crippen molar-refractivity contribution in [1.82, 2.24) is 0 Å². The molecule has 0 heterocycles. The predicted octanol–water partition coefficient (Wildman–Crippen LogP) is 18.4. The number of hydrogen-bond acceptors (Lipinski definition) is 6. The molecule has 0 fully saturated rings. The first-order valence-electron chi connectivity index (χ1n) is 27.6. The SMILES string of the molecule is CCCCC/C=C\C/C=C\C/C=C\C/C=C\CCCC(=O)OCC(COC(=O)CCCCC/C=C\CCCCCCCCC)OC(=O)CCCCCCCCC/C=C\C/C=C\CCCCC. The smallest absolute Gasteiger partial charge is 0.306 e. The zero-order chi connectivity index (χ0) is 47.9. The molecule has 0 amide bonds. The van der Waals surface area contributed by atoms with Crippen molar-refractivity contribution in [3.05, 3.63) is 85.1 Å². The standard InChI is InChI=1S/C60H102O6/c1-4-7-10-13-16-19-22-25-28-30-32-35-38-41-44-47-50-53-59(62)65-56-57(55-64-58(61)52-49-46-43-40-37-34-27-24-21-18-15-12-9-6-3)66-60(63)54-51-48-45-42-39-36-33-31-29-26-23-20-17-14-11-8-5-2/h16-17,19-20,25-26,28-29,32,34-35,37,41,44,57H,4-15,18,21-24,27,30-31,33,36,38-40,42-43,45-56H2,1-3H3/b19-16-,20-17-,28-25-,29-26-,35-32-,37-34-,44-41-. The molecule has 0 bridgehead atoms. The average molecular weight is 919 g/mol. The van der Waals surface area contributed by atoms with E-state index in [2.05, 4.69) is 106 Å². The van der Waals surface area contributed by atoms with Crippen molar-refractivity contribution in [1.29, 1.82) is 0 Å². The van der Waals surface area contributed by atoms with Crippen LogP contribution < -0.4 is 0 Å². The molecular formula is C60H102O6. The highest BCUT2D eigenvalue weighted by atomic mass is 16.6. The van der Waals surface area contributed by atoms with Gasteiger partial charge in [0, 0.05) is 19.3 Å². The fourth-order valence-corrected chi connectivity index (χ4v) is 7.40. The molecule has 1 unspecified atom stereocenters. The largest absolute Gasteiger partial charge is 0.462 e. The number of carbonyl (C=O) groups excluding carboxylic acids is 3. The number of hydrogen-bond donors (Lipinski definition) is 0. The number of carbonyl (C=O) groups is 3. The zero-order valence-corrected chi connectivity index (χ0v) is 43.2. The molecule has 0 aliphatic rings. The highest BCUT2D eigenvalue weighted by molar-refractivity contribution is 5.71. The first kappa shape index (κ1) is 62.6. The van der Waals surface area contributed by atoms with Gasteiger partial charge in [-0.1, -0.05) is 209 Å². The van der Waals surface area contributed by atoms with Crippen LogP contribution in [0.5, 0.6) is 0 Å². The van der Waals surface area contributed by atoms with Gasteiger partial charge in [0.05, 0.1) is 0 Å². The molecule has 0 aromatic carbocycles. The van der Waals surface area contributed by atoms with Gasteiger partial charge < -0.3 is 14.2 Å². The number of esters is 3. The van der Waals surface area contributed by atoms with Gasteiger partial charge in [0.2, 0.25) is 0 Å². The minimum absolute atomic E-state index is 0.105. The van der Waals surface area contributed by atoms with Gasteiger partial charge >= 0.3 is 17.9 Å². The van der Waals surface area contributed by atoms with E-state index in [4.69, 9.17) is 14.2 Å². The van der Waals surface area contributed by atoms with Crippen molar-refractivity contribution < 1.29 is 28.6 Å². The van der Waals surface area contributed by atoms with Crippen molar-refractivity contribution >= 4 is 17.9 Å². The lowest BCUT2D eigenvalue weighted by Crippen LogP contribution is -2.30. The molecule has 0 saturated carbocycles. The molecule has 0 N–H and O–H groups in total. The normalized spacial score (nSPS) is 12.7. The maximum absolute atomic E-state index is 12.8. The Kier molecular flexibility index (Phi) is 51.4. The quantitative estimate of drug-likeness (QED) is 0.0262. The topological polar surface area (TPSA) is 78.9 Å². The van der Waals surface area contributed by atoms with E-state index < -0.39 is 6.10 Å². The molecule has 6 nitrogen and oxygen atoms in total. The maximum atomic E-state index is 12.8. The second kappa shape index (κ2) is 54.2. The summed E-state index contributed by atoms with van der Waals surface area (Å²) in [6.45, 7) is 6.52. The van der Waals surface area contributed by atoms with E-state index >= 15 is 0 Å². The molecular weight excluding hydrogens is 817 g/mol. The van der Waals surface area contributed by atoms with Gasteiger partial charge in [0.25, 0.3) is 0 Å². The van der Waals surface area contributed by atoms with Crippen LogP contribution in [0, 0.1) is 0 Å². The Morgan fingerprint density at radius 3 is 0.970 bits per heavy atom. The van der Waals surface area contributed by atoms with Crippen molar-refractivity contribution in [3.63, 3.8) is 0 Å². The highest BCUT2D eigenvalue weighted by Gasteiger charge is 2.19. The Morgan fingerprint density at radius 1 is 0.303 bits per heavy atom. The lowest BCUT2D eigenvalue weighted by atomic mass is 10.1. The summed E-state index contributed by atoms with van der Waals surface area (Å²) in [5, 5.41) is 0. The Hall–Kier alpha value is -3.41. The van der Waals surface area contributed by atoms with E-state index in [0.717, 1.165) is 89.9 Å². The summed E-state index contributed by atoms with van der Waals surface area (Å²) in [5.74, 6) is -0.983. The van der Waals surface area contributed by atoms with Crippen LogP contribution in [-0.4, -0.2) is 37.2 Å². The molecule has 66 heavy (non-hydrogen) atoms. The van der Waals surface area contributed by atoms with Gasteiger partial charge in [-0.05, 0) is 116 Å². The highest BCUT2D eigenvalue weighted by Crippen LogP contribution is 2.14. The van der Waals surface area contributed by atoms with Gasteiger partial charge in [-0.15, -0.1) is 0 Å². The summed E-state index contributed by atoms with van der Waals surface area (Å²) in [5.41, 5.74) is 0. The summed E-state index contributed by atoms with van der Waals surface area (Å²) in [4.78, 5) is 38.1. The maximum Gasteiger partial charge on any atom is 0.306 e. The van der Waals surface area contributed by atoms with Crippen molar-refractivity contribution in [2.45, 2.75) is 264 Å². The fraction of sp³-hybridized carbons (Fsp3) is 0.717. The Bertz CT molecular complexity index is 1290. The zero-order valence-electron chi connectivity index (χ0n) is 43.2. The Balaban J connectivity index is 4.50. The molecule has 378 valence electrons. The van der Waals surface area contributed by atoms with Gasteiger partial charge in [0.15, 0.2) is 6.10 Å². The summed E-state index contributed by atoms with van der Waals surface area (Å²) >= 11 is 0. The summed E-state index contributed by atoms with van der Waals surface area (Å²) < 4.78 is 16.8. The van der Waals surface area contributed by atoms with Crippen molar-refractivity contribution in [3.8, 4) is 0 Å². The lowest BCUT2D eigenvalue weighted by molar-refractivity contribution is -0.167.